The molecule has 0 aliphatic rings. The van der Waals surface area contributed by atoms with Crippen molar-refractivity contribution in [3.8, 4) is 5.69 Å². The van der Waals surface area contributed by atoms with Crippen LogP contribution in [0.15, 0.2) is 40.1 Å². The van der Waals surface area contributed by atoms with Crippen LogP contribution in [0.3, 0.4) is 0 Å². The van der Waals surface area contributed by atoms with Crippen molar-refractivity contribution in [2.24, 2.45) is 12.8 Å². The lowest BCUT2D eigenvalue weighted by molar-refractivity contribution is -0.138. The molecule has 2 aromatic rings. The van der Waals surface area contributed by atoms with E-state index in [-0.39, 0.29) is 12.0 Å². The molecule has 0 radical (unpaired) electrons. The van der Waals surface area contributed by atoms with E-state index in [1.807, 2.05) is 0 Å². The van der Waals surface area contributed by atoms with E-state index in [9.17, 15) is 14.4 Å². The summed E-state index contributed by atoms with van der Waals surface area (Å²) in [5, 5.41) is 8.80. The zero-order valence-electron chi connectivity index (χ0n) is 12.3. The Labute approximate surface area is 126 Å². The number of rotatable bonds is 4. The largest absolute Gasteiger partial charge is 0.480 e. The van der Waals surface area contributed by atoms with Crippen LogP contribution < -0.4 is 17.0 Å². The molecule has 2 rings (SSSR count). The maximum atomic E-state index is 12.1. The summed E-state index contributed by atoms with van der Waals surface area (Å²) in [5.41, 5.74) is 6.27. The van der Waals surface area contributed by atoms with Gasteiger partial charge in [-0.3, -0.25) is 9.59 Å². The number of carbonyl (C=O) groups is 1. The molecule has 0 aliphatic carbocycles. The van der Waals surface area contributed by atoms with Crippen molar-refractivity contribution >= 4 is 5.97 Å². The summed E-state index contributed by atoms with van der Waals surface area (Å²) in [6.45, 7) is 1.64. The highest BCUT2D eigenvalue weighted by atomic mass is 16.4. The minimum Gasteiger partial charge on any atom is -0.480 e. The smallest absolute Gasteiger partial charge is 0.335 e. The second-order valence-electron chi connectivity index (χ2n) is 5.16. The van der Waals surface area contributed by atoms with Gasteiger partial charge in [-0.15, -0.1) is 0 Å². The van der Waals surface area contributed by atoms with Gasteiger partial charge in [-0.05, 0) is 31.0 Å². The fraction of sp³-hybridized carbons (Fsp3) is 0.267. The van der Waals surface area contributed by atoms with Crippen LogP contribution in [0, 0.1) is 6.92 Å². The molecule has 0 fully saturated rings. The molecule has 7 heteroatoms. The minimum absolute atomic E-state index is 0.177. The van der Waals surface area contributed by atoms with Gasteiger partial charge in [0.2, 0.25) is 0 Å². The maximum absolute atomic E-state index is 12.1. The van der Waals surface area contributed by atoms with Gasteiger partial charge in [-0.2, -0.15) is 0 Å². The standard InChI is InChI=1S/C15H17N3O4/c1-9-8-17(2)15(22)18(13(9)19)11-5-3-10(4-6-11)7-12(16)14(20)21/h3-6,8,12H,7,16H2,1-2H3,(H,20,21). The maximum Gasteiger partial charge on any atom is 0.335 e. The third kappa shape index (κ3) is 2.99. The molecule has 0 saturated carbocycles. The van der Waals surface area contributed by atoms with Gasteiger partial charge >= 0.3 is 11.7 Å². The minimum atomic E-state index is -1.08. The highest BCUT2D eigenvalue weighted by Crippen LogP contribution is 2.08. The van der Waals surface area contributed by atoms with Gasteiger partial charge in [0.05, 0.1) is 5.69 Å². The van der Waals surface area contributed by atoms with E-state index in [1.165, 1.54) is 10.8 Å². The molecule has 7 nitrogen and oxygen atoms in total. The molecule has 0 aliphatic heterocycles. The SMILES string of the molecule is Cc1cn(C)c(=O)n(-c2ccc(CC(N)C(=O)O)cc2)c1=O. The van der Waals surface area contributed by atoms with Crippen molar-refractivity contribution in [1.29, 1.82) is 0 Å². The average Bonchev–Trinajstić information content (AvgIpc) is 2.47. The number of nitrogens with zero attached hydrogens (tertiary/aromatic N) is 2. The highest BCUT2D eigenvalue weighted by Gasteiger charge is 2.13. The molecule has 0 saturated heterocycles. The molecule has 3 N–H and O–H groups in total. The van der Waals surface area contributed by atoms with Crippen molar-refractivity contribution < 1.29 is 9.90 Å². The Balaban J connectivity index is 2.42. The highest BCUT2D eigenvalue weighted by molar-refractivity contribution is 5.73. The lowest BCUT2D eigenvalue weighted by Crippen LogP contribution is -2.38. The number of aryl methyl sites for hydroxylation is 2. The summed E-state index contributed by atoms with van der Waals surface area (Å²) < 4.78 is 2.42. The van der Waals surface area contributed by atoms with Gasteiger partial charge in [-0.1, -0.05) is 12.1 Å². The van der Waals surface area contributed by atoms with Gasteiger partial charge in [0.15, 0.2) is 0 Å². The summed E-state index contributed by atoms with van der Waals surface area (Å²) >= 11 is 0. The first-order valence-electron chi connectivity index (χ1n) is 6.68. The molecule has 22 heavy (non-hydrogen) atoms. The lowest BCUT2D eigenvalue weighted by atomic mass is 10.1. The van der Waals surface area contributed by atoms with Crippen molar-refractivity contribution in [3.63, 3.8) is 0 Å². The molecule has 0 bridgehead atoms. The average molecular weight is 303 g/mol. The van der Waals surface area contributed by atoms with Crippen LogP contribution in [-0.2, 0) is 18.3 Å². The van der Waals surface area contributed by atoms with Crippen molar-refractivity contribution in [1.82, 2.24) is 9.13 Å². The first kappa shape index (κ1) is 15.7. The molecular formula is C15H17N3O4. The number of aliphatic carboxylic acids is 1. The van der Waals surface area contributed by atoms with E-state index < -0.39 is 17.7 Å². The molecule has 0 amide bonds. The van der Waals surface area contributed by atoms with Crippen LogP contribution in [0.1, 0.15) is 11.1 Å². The van der Waals surface area contributed by atoms with E-state index in [4.69, 9.17) is 10.8 Å². The molecule has 1 heterocycles. The molecule has 1 unspecified atom stereocenters. The van der Waals surface area contributed by atoms with Gasteiger partial charge in [0, 0.05) is 18.8 Å². The van der Waals surface area contributed by atoms with Gasteiger partial charge < -0.3 is 15.4 Å². The number of hydrogen-bond acceptors (Lipinski definition) is 4. The number of benzene rings is 1. The van der Waals surface area contributed by atoms with Crippen molar-refractivity contribution in [3.05, 3.63) is 62.4 Å². The van der Waals surface area contributed by atoms with Crippen LogP contribution in [0.4, 0.5) is 0 Å². The van der Waals surface area contributed by atoms with E-state index in [0.717, 1.165) is 10.1 Å². The van der Waals surface area contributed by atoms with Gasteiger partial charge in [0.25, 0.3) is 5.56 Å². The summed E-state index contributed by atoms with van der Waals surface area (Å²) in [6.07, 6.45) is 1.66. The van der Waals surface area contributed by atoms with Crippen LogP contribution in [0.25, 0.3) is 5.69 Å². The van der Waals surface area contributed by atoms with Crippen molar-refractivity contribution in [2.45, 2.75) is 19.4 Å². The molecule has 1 aromatic heterocycles. The Hall–Kier alpha value is -2.67. The summed E-state index contributed by atoms with van der Waals surface area (Å²) in [6, 6.07) is 5.54. The Bertz CT molecular complexity index is 784. The normalized spacial score (nSPS) is 12.1. The van der Waals surface area contributed by atoms with E-state index in [2.05, 4.69) is 0 Å². The molecular weight excluding hydrogens is 286 g/mol. The summed E-state index contributed by atoms with van der Waals surface area (Å²) in [7, 11) is 1.57. The van der Waals surface area contributed by atoms with Gasteiger partial charge in [-0.25, -0.2) is 9.36 Å². The number of nitrogens with two attached hydrogens (primary N) is 1. The summed E-state index contributed by atoms with van der Waals surface area (Å²) in [5.74, 6) is -1.08. The predicted octanol–water partition coefficient (Wildman–Crippen LogP) is -0.201. The number of carboxylic acid groups (broad SMARTS) is 1. The zero-order valence-corrected chi connectivity index (χ0v) is 12.3. The summed E-state index contributed by atoms with van der Waals surface area (Å²) in [4.78, 5) is 35.0. The topological polar surface area (TPSA) is 107 Å². The van der Waals surface area contributed by atoms with Gasteiger partial charge in [0.1, 0.15) is 6.04 Å². The number of aromatic nitrogens is 2. The quantitative estimate of drug-likeness (QED) is 0.813. The first-order chi connectivity index (χ1) is 10.3. The molecule has 116 valence electrons. The van der Waals surface area contributed by atoms with E-state index >= 15 is 0 Å². The molecule has 1 atom stereocenters. The van der Waals surface area contributed by atoms with Crippen LogP contribution >= 0.6 is 0 Å². The third-order valence-electron chi connectivity index (χ3n) is 3.39. The Morgan fingerprint density at radius 1 is 1.27 bits per heavy atom. The monoisotopic (exact) mass is 303 g/mol. The van der Waals surface area contributed by atoms with Crippen molar-refractivity contribution in [2.75, 3.05) is 0 Å². The van der Waals surface area contributed by atoms with Crippen LogP contribution in [-0.4, -0.2) is 26.3 Å². The number of hydrogen-bond donors (Lipinski definition) is 2. The molecule has 0 spiro atoms. The Kier molecular flexibility index (Phi) is 4.27. The fourth-order valence-electron chi connectivity index (χ4n) is 2.17. The third-order valence-corrected chi connectivity index (χ3v) is 3.39. The fourth-order valence-corrected chi connectivity index (χ4v) is 2.17. The second kappa shape index (κ2) is 5.98. The second-order valence-corrected chi connectivity index (χ2v) is 5.16. The zero-order chi connectivity index (χ0) is 16.4. The van der Waals surface area contributed by atoms with Crippen LogP contribution in [0.5, 0.6) is 0 Å². The number of carboxylic acids is 1. The predicted molar refractivity (Wildman–Crippen MR) is 81.3 cm³/mol. The molecule has 1 aromatic carbocycles. The lowest BCUT2D eigenvalue weighted by Gasteiger charge is -2.10. The Morgan fingerprint density at radius 2 is 1.86 bits per heavy atom. The Morgan fingerprint density at radius 3 is 2.41 bits per heavy atom. The van der Waals surface area contributed by atoms with E-state index in [1.54, 1.807) is 38.2 Å². The van der Waals surface area contributed by atoms with Crippen LogP contribution in [0.2, 0.25) is 0 Å². The van der Waals surface area contributed by atoms with E-state index in [0.29, 0.717) is 11.3 Å². The first-order valence-corrected chi connectivity index (χ1v) is 6.68.